The maximum atomic E-state index is 11.9. The van der Waals surface area contributed by atoms with Crippen LogP contribution in [0.3, 0.4) is 0 Å². The molecule has 140 valence electrons. The molecule has 0 bridgehead atoms. The summed E-state index contributed by atoms with van der Waals surface area (Å²) in [4.78, 5) is 16.1. The van der Waals surface area contributed by atoms with E-state index in [2.05, 4.69) is 31.4 Å². The predicted molar refractivity (Wildman–Crippen MR) is 101 cm³/mol. The van der Waals surface area contributed by atoms with Gasteiger partial charge in [0.15, 0.2) is 6.61 Å². The highest BCUT2D eigenvalue weighted by Gasteiger charge is 2.18. The number of benzene rings is 1. The maximum Gasteiger partial charge on any atom is 0.278 e. The van der Waals surface area contributed by atoms with Crippen LogP contribution < -0.4 is 10.2 Å². The lowest BCUT2D eigenvalue weighted by Gasteiger charge is -2.13. The Hall–Kier alpha value is -2.96. The van der Waals surface area contributed by atoms with Gasteiger partial charge >= 0.3 is 0 Å². The highest BCUT2D eigenvalue weighted by Crippen LogP contribution is 2.29. The van der Waals surface area contributed by atoms with Crippen LogP contribution in [-0.4, -0.2) is 35.9 Å². The van der Waals surface area contributed by atoms with Gasteiger partial charge in [-0.05, 0) is 52.7 Å². The average molecular weight is 433 g/mol. The van der Waals surface area contributed by atoms with Gasteiger partial charge in [-0.25, -0.2) is 10.4 Å². The molecule has 0 saturated heterocycles. The zero-order chi connectivity index (χ0) is 19.8. The fourth-order valence-electron chi connectivity index (χ4n) is 2.12. The number of amides is 1. The number of pyridine rings is 1. The number of phenolic OH excluding ortho intramolecular Hbond substituents is 1. The van der Waals surface area contributed by atoms with Crippen LogP contribution in [0.1, 0.15) is 22.4 Å². The van der Waals surface area contributed by atoms with E-state index in [1.54, 1.807) is 19.1 Å². The molecule has 2 rings (SSSR count). The minimum atomic E-state index is -0.510. The van der Waals surface area contributed by atoms with Gasteiger partial charge in [0.1, 0.15) is 17.4 Å². The molecule has 1 aromatic carbocycles. The largest absolute Gasteiger partial charge is 0.508 e. The van der Waals surface area contributed by atoms with Gasteiger partial charge < -0.3 is 14.6 Å². The molecule has 9 heteroatoms. The third kappa shape index (κ3) is 5.51. The van der Waals surface area contributed by atoms with Crippen LogP contribution in [0.5, 0.6) is 11.6 Å². The van der Waals surface area contributed by atoms with Crippen LogP contribution in [0.2, 0.25) is 0 Å². The highest BCUT2D eigenvalue weighted by atomic mass is 79.9. The molecule has 2 aromatic rings. The first-order chi connectivity index (χ1) is 13.0. The van der Waals surface area contributed by atoms with Crippen molar-refractivity contribution in [2.24, 2.45) is 5.10 Å². The number of aromatic nitrogens is 1. The van der Waals surface area contributed by atoms with Crippen molar-refractivity contribution in [2.75, 3.05) is 13.7 Å². The molecule has 0 radical (unpaired) electrons. The minimum Gasteiger partial charge on any atom is -0.508 e. The normalized spacial score (nSPS) is 10.6. The van der Waals surface area contributed by atoms with Crippen molar-refractivity contribution in [3.8, 4) is 17.7 Å². The van der Waals surface area contributed by atoms with Crippen molar-refractivity contribution in [1.82, 2.24) is 10.4 Å². The monoisotopic (exact) mass is 432 g/mol. The first-order valence-electron chi connectivity index (χ1n) is 7.78. The Bertz CT molecular complexity index is 892. The van der Waals surface area contributed by atoms with Crippen molar-refractivity contribution >= 4 is 28.1 Å². The predicted octanol–water partition coefficient (Wildman–Crippen LogP) is 2.41. The first kappa shape index (κ1) is 20.4. The Morgan fingerprint density at radius 3 is 2.78 bits per heavy atom. The molecule has 0 saturated carbocycles. The summed E-state index contributed by atoms with van der Waals surface area (Å²) in [5, 5.41) is 22.4. The second kappa shape index (κ2) is 9.66. The summed E-state index contributed by atoms with van der Waals surface area (Å²) < 4.78 is 11.2. The molecule has 2 N–H and O–H groups in total. The molecular weight excluding hydrogens is 416 g/mol. The van der Waals surface area contributed by atoms with E-state index in [0.717, 1.165) is 0 Å². The number of carbonyl (C=O) groups excluding carboxylic acids is 1. The van der Waals surface area contributed by atoms with E-state index < -0.39 is 5.91 Å². The van der Waals surface area contributed by atoms with Crippen molar-refractivity contribution in [2.45, 2.75) is 13.5 Å². The van der Waals surface area contributed by atoms with Crippen LogP contribution in [0.25, 0.3) is 0 Å². The maximum absolute atomic E-state index is 11.9. The number of aromatic hydroxyl groups is 1. The van der Waals surface area contributed by atoms with Crippen molar-refractivity contribution < 1.29 is 19.4 Å². The number of nitrogens with one attached hydrogen (secondary N) is 1. The number of rotatable bonds is 7. The van der Waals surface area contributed by atoms with Gasteiger partial charge in [-0.3, -0.25) is 4.79 Å². The first-order valence-corrected chi connectivity index (χ1v) is 8.57. The van der Waals surface area contributed by atoms with Crippen LogP contribution >= 0.6 is 15.9 Å². The lowest BCUT2D eigenvalue weighted by molar-refractivity contribution is -0.123. The van der Waals surface area contributed by atoms with E-state index in [1.807, 2.05) is 6.07 Å². The van der Waals surface area contributed by atoms with Gasteiger partial charge in [-0.2, -0.15) is 10.4 Å². The highest BCUT2D eigenvalue weighted by molar-refractivity contribution is 9.10. The van der Waals surface area contributed by atoms with Gasteiger partial charge in [0.05, 0.1) is 18.5 Å². The zero-order valence-electron chi connectivity index (χ0n) is 14.7. The Morgan fingerprint density at radius 1 is 1.44 bits per heavy atom. The fraction of sp³-hybridized carbons (Fsp3) is 0.222. The molecule has 1 amide bonds. The van der Waals surface area contributed by atoms with Gasteiger partial charge in [0, 0.05) is 17.1 Å². The number of hydrogen-bond donors (Lipinski definition) is 2. The second-order valence-corrected chi connectivity index (χ2v) is 6.18. The lowest BCUT2D eigenvalue weighted by Crippen LogP contribution is -2.25. The molecule has 1 heterocycles. The van der Waals surface area contributed by atoms with Crippen LogP contribution in [0.15, 0.2) is 33.8 Å². The number of nitrogens with zero attached hydrogens (tertiary/aromatic N) is 3. The molecule has 0 unspecified atom stereocenters. The van der Waals surface area contributed by atoms with E-state index >= 15 is 0 Å². The number of phenols is 1. The van der Waals surface area contributed by atoms with E-state index in [1.165, 1.54) is 25.5 Å². The van der Waals surface area contributed by atoms with E-state index in [4.69, 9.17) is 9.47 Å². The summed E-state index contributed by atoms with van der Waals surface area (Å²) in [6, 6.07) is 8.34. The Labute approximate surface area is 164 Å². The molecule has 8 nitrogen and oxygen atoms in total. The molecule has 0 spiro atoms. The quantitative estimate of drug-likeness (QED) is 0.512. The van der Waals surface area contributed by atoms with Crippen molar-refractivity contribution in [3.05, 3.63) is 51.1 Å². The van der Waals surface area contributed by atoms with E-state index in [0.29, 0.717) is 21.3 Å². The van der Waals surface area contributed by atoms with Crippen LogP contribution in [0, 0.1) is 18.3 Å². The summed E-state index contributed by atoms with van der Waals surface area (Å²) in [5.41, 5.74) is 4.44. The summed E-state index contributed by atoms with van der Waals surface area (Å²) >= 11 is 3.38. The Morgan fingerprint density at radius 2 is 2.15 bits per heavy atom. The topological polar surface area (TPSA) is 117 Å². The van der Waals surface area contributed by atoms with Gasteiger partial charge in [-0.1, -0.05) is 0 Å². The standard InChI is InChI=1S/C18H17BrN4O4/c1-11-17(19)15(9-26-2)14(7-20)18(22-11)27-10-16(25)23-21-8-12-3-5-13(24)6-4-12/h3-6,8,24H,9-10H2,1-2H3,(H,23,25)/b21-8+. The van der Waals surface area contributed by atoms with Crippen molar-refractivity contribution in [3.63, 3.8) is 0 Å². The Balaban J connectivity index is 2.02. The number of ether oxygens (including phenoxy) is 2. The lowest BCUT2D eigenvalue weighted by atomic mass is 10.1. The molecule has 1 aromatic heterocycles. The third-order valence-corrected chi connectivity index (χ3v) is 4.46. The fourth-order valence-corrected chi connectivity index (χ4v) is 2.52. The number of methoxy groups -OCH3 is 1. The minimum absolute atomic E-state index is 0.0583. The van der Waals surface area contributed by atoms with Crippen LogP contribution in [-0.2, 0) is 16.1 Å². The molecule has 0 aliphatic carbocycles. The SMILES string of the molecule is COCc1c(Br)c(C)nc(OCC(=O)N/N=C/c2ccc(O)cc2)c1C#N. The zero-order valence-corrected chi connectivity index (χ0v) is 16.3. The summed E-state index contributed by atoms with van der Waals surface area (Å²) in [6.45, 7) is 1.59. The Kier molecular flexibility index (Phi) is 7.28. The summed E-state index contributed by atoms with van der Waals surface area (Å²) in [7, 11) is 1.52. The van der Waals surface area contributed by atoms with Gasteiger partial charge in [-0.15, -0.1) is 0 Å². The van der Waals surface area contributed by atoms with Crippen molar-refractivity contribution in [1.29, 1.82) is 5.26 Å². The average Bonchev–Trinajstić information content (AvgIpc) is 2.65. The number of nitriles is 1. The van der Waals surface area contributed by atoms with Gasteiger partial charge in [0.2, 0.25) is 5.88 Å². The van der Waals surface area contributed by atoms with E-state index in [-0.39, 0.29) is 30.4 Å². The smallest absolute Gasteiger partial charge is 0.278 e. The second-order valence-electron chi connectivity index (χ2n) is 5.39. The number of carbonyl (C=O) groups is 1. The molecule has 0 aliphatic heterocycles. The summed E-state index contributed by atoms with van der Waals surface area (Å²) in [5.74, 6) is -0.310. The number of aryl methyl sites for hydroxylation is 1. The number of hydrazone groups is 1. The molecular formula is C18H17BrN4O4. The van der Waals surface area contributed by atoms with Gasteiger partial charge in [0.25, 0.3) is 5.91 Å². The third-order valence-electron chi connectivity index (χ3n) is 3.40. The van der Waals surface area contributed by atoms with Crippen LogP contribution in [0.4, 0.5) is 0 Å². The number of halogens is 1. The molecule has 0 fully saturated rings. The molecule has 0 aliphatic rings. The summed E-state index contributed by atoms with van der Waals surface area (Å²) in [6.07, 6.45) is 1.43. The van der Waals surface area contributed by atoms with E-state index in [9.17, 15) is 15.2 Å². The number of hydrogen-bond acceptors (Lipinski definition) is 7. The molecule has 27 heavy (non-hydrogen) atoms. The molecule has 0 atom stereocenters.